The van der Waals surface area contributed by atoms with Crippen LogP contribution in [0.15, 0.2) is 0 Å². The second kappa shape index (κ2) is 5.50. The van der Waals surface area contributed by atoms with Crippen LogP contribution in [0.4, 0.5) is 0 Å². The fourth-order valence-corrected chi connectivity index (χ4v) is 4.73. The molecule has 2 N–H and O–H groups in total. The second-order valence-corrected chi connectivity index (χ2v) is 7.11. The van der Waals surface area contributed by atoms with E-state index in [1.54, 1.807) is 0 Å². The molecule has 1 heterocycles. The van der Waals surface area contributed by atoms with Crippen LogP contribution in [0.2, 0.25) is 0 Å². The number of hydrogen-bond acceptors (Lipinski definition) is 2. The van der Waals surface area contributed by atoms with Crippen LogP contribution in [0.25, 0.3) is 0 Å². The lowest BCUT2D eigenvalue weighted by Gasteiger charge is -2.44. The van der Waals surface area contributed by atoms with Gasteiger partial charge in [-0.3, -0.25) is 4.90 Å². The van der Waals surface area contributed by atoms with Crippen molar-refractivity contribution >= 4 is 0 Å². The molecule has 1 aliphatic heterocycles. The molecule has 1 spiro atoms. The third kappa shape index (κ3) is 2.60. The fourth-order valence-electron chi connectivity index (χ4n) is 4.73. The number of rotatable bonds is 1. The first kappa shape index (κ1) is 12.9. The summed E-state index contributed by atoms with van der Waals surface area (Å²) in [6.45, 7) is 2.66. The minimum atomic E-state index is 0.449. The van der Waals surface area contributed by atoms with Crippen molar-refractivity contribution in [3.63, 3.8) is 0 Å². The average Bonchev–Trinajstić information content (AvgIpc) is 2.73. The zero-order valence-corrected chi connectivity index (χ0v) is 11.9. The number of piperidine rings is 1. The molecule has 18 heavy (non-hydrogen) atoms. The molecule has 104 valence electrons. The third-order valence-corrected chi connectivity index (χ3v) is 6.02. The summed E-state index contributed by atoms with van der Waals surface area (Å²) < 4.78 is 0. The maximum absolute atomic E-state index is 6.41. The van der Waals surface area contributed by atoms with Crippen molar-refractivity contribution in [3.8, 4) is 0 Å². The van der Waals surface area contributed by atoms with E-state index in [0.29, 0.717) is 12.1 Å². The van der Waals surface area contributed by atoms with Gasteiger partial charge >= 0.3 is 0 Å². The normalized spacial score (nSPS) is 37.8. The number of likely N-dealkylation sites (tertiary alicyclic amines) is 1. The highest BCUT2D eigenvalue weighted by Crippen LogP contribution is 2.46. The first-order valence-electron chi connectivity index (χ1n) is 8.29. The van der Waals surface area contributed by atoms with Gasteiger partial charge in [-0.05, 0) is 57.0 Å². The summed E-state index contributed by atoms with van der Waals surface area (Å²) in [4.78, 5) is 2.75. The summed E-state index contributed by atoms with van der Waals surface area (Å²) in [6, 6.07) is 1.15. The molecular weight excluding hydrogens is 220 g/mol. The van der Waals surface area contributed by atoms with Crippen molar-refractivity contribution < 1.29 is 0 Å². The quantitative estimate of drug-likeness (QED) is 0.724. The van der Waals surface area contributed by atoms with E-state index in [1.807, 2.05) is 0 Å². The van der Waals surface area contributed by atoms with Gasteiger partial charge in [0.1, 0.15) is 0 Å². The van der Waals surface area contributed by atoms with E-state index in [-0.39, 0.29) is 0 Å². The van der Waals surface area contributed by atoms with Crippen LogP contribution < -0.4 is 5.73 Å². The molecule has 1 saturated heterocycles. The first-order chi connectivity index (χ1) is 8.79. The van der Waals surface area contributed by atoms with Gasteiger partial charge < -0.3 is 5.73 Å². The van der Waals surface area contributed by atoms with Crippen LogP contribution in [-0.4, -0.2) is 30.1 Å². The van der Waals surface area contributed by atoms with Crippen molar-refractivity contribution in [2.45, 2.75) is 82.7 Å². The Morgan fingerprint density at radius 1 is 0.778 bits per heavy atom. The summed E-state index contributed by atoms with van der Waals surface area (Å²) in [5.74, 6) is 0. The molecular formula is C16H30N2. The summed E-state index contributed by atoms with van der Waals surface area (Å²) in [7, 11) is 0. The average molecular weight is 250 g/mol. The monoisotopic (exact) mass is 250 g/mol. The van der Waals surface area contributed by atoms with Crippen LogP contribution in [0.5, 0.6) is 0 Å². The van der Waals surface area contributed by atoms with Crippen molar-refractivity contribution in [3.05, 3.63) is 0 Å². The van der Waals surface area contributed by atoms with Crippen LogP contribution in [0.1, 0.15) is 70.6 Å². The molecule has 2 aliphatic carbocycles. The predicted molar refractivity (Wildman–Crippen MR) is 76.6 cm³/mol. The molecule has 2 nitrogen and oxygen atoms in total. The third-order valence-electron chi connectivity index (χ3n) is 6.02. The topological polar surface area (TPSA) is 29.3 Å². The van der Waals surface area contributed by atoms with Crippen molar-refractivity contribution in [1.29, 1.82) is 0 Å². The van der Waals surface area contributed by atoms with Crippen molar-refractivity contribution in [2.24, 2.45) is 11.1 Å². The lowest BCUT2D eigenvalue weighted by atomic mass is 9.76. The van der Waals surface area contributed by atoms with E-state index >= 15 is 0 Å². The molecule has 3 rings (SSSR count). The van der Waals surface area contributed by atoms with Gasteiger partial charge in [0.15, 0.2) is 0 Å². The molecule has 0 amide bonds. The molecule has 0 bridgehead atoms. The molecule has 2 atom stereocenters. The zero-order chi connectivity index (χ0) is 12.4. The Labute approximate surface area is 112 Å². The smallest absolute Gasteiger partial charge is 0.0247 e. The first-order valence-corrected chi connectivity index (χ1v) is 8.29. The fraction of sp³-hybridized carbons (Fsp3) is 1.00. The van der Waals surface area contributed by atoms with Gasteiger partial charge in [-0.1, -0.05) is 32.1 Å². The summed E-state index contributed by atoms with van der Waals surface area (Å²) in [5, 5.41) is 0. The number of hydrogen-bond donors (Lipinski definition) is 1. The molecule has 3 aliphatic rings. The Morgan fingerprint density at radius 2 is 1.44 bits per heavy atom. The van der Waals surface area contributed by atoms with Gasteiger partial charge in [0.05, 0.1) is 0 Å². The molecule has 2 heteroatoms. The van der Waals surface area contributed by atoms with Crippen LogP contribution in [-0.2, 0) is 0 Å². The van der Waals surface area contributed by atoms with Crippen molar-refractivity contribution in [2.75, 3.05) is 13.1 Å². The maximum atomic E-state index is 6.41. The minimum Gasteiger partial charge on any atom is -0.326 e. The lowest BCUT2D eigenvalue weighted by Crippen LogP contribution is -2.51. The van der Waals surface area contributed by atoms with Gasteiger partial charge in [0, 0.05) is 12.1 Å². The molecule has 2 saturated carbocycles. The highest BCUT2D eigenvalue weighted by molar-refractivity contribution is 4.93. The molecule has 0 aromatic carbocycles. The Balaban J connectivity index is 1.57. The van der Waals surface area contributed by atoms with Crippen LogP contribution in [0, 0.1) is 5.41 Å². The molecule has 0 radical (unpaired) electrons. The van der Waals surface area contributed by atoms with E-state index < -0.39 is 0 Å². The van der Waals surface area contributed by atoms with Gasteiger partial charge in [-0.15, -0.1) is 0 Å². The predicted octanol–water partition coefficient (Wildman–Crippen LogP) is 3.30. The SMILES string of the molecule is NC1CCCCCC1N1CCC2(CCCC2)CC1. The van der Waals surface area contributed by atoms with Crippen molar-refractivity contribution in [1.82, 2.24) is 4.90 Å². The zero-order valence-electron chi connectivity index (χ0n) is 11.9. The van der Waals surface area contributed by atoms with Gasteiger partial charge in [0.25, 0.3) is 0 Å². The Bertz CT molecular complexity index is 260. The molecule has 2 unspecified atom stereocenters. The van der Waals surface area contributed by atoms with E-state index in [1.165, 1.54) is 83.7 Å². The van der Waals surface area contributed by atoms with Crippen LogP contribution in [0.3, 0.4) is 0 Å². The summed E-state index contributed by atoms with van der Waals surface area (Å²) in [5.41, 5.74) is 7.17. The molecule has 3 fully saturated rings. The Hall–Kier alpha value is -0.0800. The van der Waals surface area contributed by atoms with E-state index in [2.05, 4.69) is 4.90 Å². The Morgan fingerprint density at radius 3 is 2.17 bits per heavy atom. The highest BCUT2D eigenvalue weighted by atomic mass is 15.2. The number of nitrogens with two attached hydrogens (primary N) is 1. The Kier molecular flexibility index (Phi) is 3.95. The minimum absolute atomic E-state index is 0.449. The lowest BCUT2D eigenvalue weighted by molar-refractivity contribution is 0.0633. The van der Waals surface area contributed by atoms with Gasteiger partial charge in [-0.25, -0.2) is 0 Å². The van der Waals surface area contributed by atoms with Gasteiger partial charge in [-0.2, -0.15) is 0 Å². The number of nitrogens with zero attached hydrogens (tertiary/aromatic N) is 1. The van der Waals surface area contributed by atoms with Gasteiger partial charge in [0.2, 0.25) is 0 Å². The second-order valence-electron chi connectivity index (χ2n) is 7.11. The van der Waals surface area contributed by atoms with Crippen LogP contribution >= 0.6 is 0 Å². The molecule has 0 aromatic heterocycles. The van der Waals surface area contributed by atoms with E-state index in [9.17, 15) is 0 Å². The highest BCUT2D eigenvalue weighted by Gasteiger charge is 2.39. The van der Waals surface area contributed by atoms with E-state index in [4.69, 9.17) is 5.73 Å². The molecule has 0 aromatic rings. The standard InChI is InChI=1S/C16H30N2/c17-14-6-2-1-3-7-15(14)18-12-10-16(11-13-18)8-4-5-9-16/h14-15H,1-13,17H2. The summed E-state index contributed by atoms with van der Waals surface area (Å²) >= 11 is 0. The maximum Gasteiger partial charge on any atom is 0.0247 e. The summed E-state index contributed by atoms with van der Waals surface area (Å²) in [6.07, 6.45) is 15.7. The largest absolute Gasteiger partial charge is 0.326 e. The van der Waals surface area contributed by atoms with E-state index in [0.717, 1.165) is 5.41 Å².